The molecule has 0 aliphatic heterocycles. The second kappa shape index (κ2) is 6.94. The fraction of sp³-hybridized carbons (Fsp3) is 0.333. The van der Waals surface area contributed by atoms with Crippen LogP contribution in [0.1, 0.15) is 24.1 Å². The minimum absolute atomic E-state index is 0.216. The molecule has 1 aromatic heterocycles. The van der Waals surface area contributed by atoms with E-state index >= 15 is 0 Å². The second-order valence-electron chi connectivity index (χ2n) is 4.33. The summed E-state index contributed by atoms with van der Waals surface area (Å²) >= 11 is 7.84. The molecule has 0 bridgehead atoms. The van der Waals surface area contributed by atoms with Crippen LogP contribution in [0.25, 0.3) is 0 Å². The van der Waals surface area contributed by atoms with Crippen LogP contribution in [0.3, 0.4) is 0 Å². The van der Waals surface area contributed by atoms with E-state index in [2.05, 4.69) is 29.1 Å². The lowest BCUT2D eigenvalue weighted by Gasteiger charge is -2.20. The number of nitrogens with one attached hydrogen (secondary N) is 1. The minimum atomic E-state index is 0.216. The van der Waals surface area contributed by atoms with Crippen molar-refractivity contribution < 1.29 is 4.74 Å². The SMILES string of the molecule is CCNC(Cc1ccsc1)c1cc(Cl)ccc1OC. The van der Waals surface area contributed by atoms with E-state index in [0.717, 1.165) is 29.3 Å². The van der Waals surface area contributed by atoms with Gasteiger partial charge in [-0.1, -0.05) is 18.5 Å². The Morgan fingerprint density at radius 1 is 1.37 bits per heavy atom. The first-order valence-corrected chi connectivity index (χ1v) is 7.64. The van der Waals surface area contributed by atoms with Crippen LogP contribution in [0.15, 0.2) is 35.0 Å². The van der Waals surface area contributed by atoms with E-state index in [1.807, 2.05) is 18.2 Å². The highest BCUT2D eigenvalue weighted by atomic mass is 35.5. The Bertz CT molecular complexity index is 513. The number of benzene rings is 1. The predicted molar refractivity (Wildman–Crippen MR) is 82.4 cm³/mol. The van der Waals surface area contributed by atoms with Gasteiger partial charge in [0.2, 0.25) is 0 Å². The second-order valence-corrected chi connectivity index (χ2v) is 5.55. The van der Waals surface area contributed by atoms with Gasteiger partial charge in [0.15, 0.2) is 0 Å². The van der Waals surface area contributed by atoms with Crippen LogP contribution in [-0.2, 0) is 6.42 Å². The zero-order chi connectivity index (χ0) is 13.7. The van der Waals surface area contributed by atoms with Crippen molar-refractivity contribution in [2.45, 2.75) is 19.4 Å². The zero-order valence-electron chi connectivity index (χ0n) is 11.2. The number of methoxy groups -OCH3 is 1. The van der Waals surface area contributed by atoms with Crippen LogP contribution >= 0.6 is 22.9 Å². The van der Waals surface area contributed by atoms with Gasteiger partial charge in [0, 0.05) is 16.6 Å². The molecule has 4 heteroatoms. The van der Waals surface area contributed by atoms with Crippen LogP contribution in [0.4, 0.5) is 0 Å². The monoisotopic (exact) mass is 295 g/mol. The third-order valence-electron chi connectivity index (χ3n) is 3.04. The fourth-order valence-electron chi connectivity index (χ4n) is 2.16. The van der Waals surface area contributed by atoms with E-state index in [1.54, 1.807) is 18.4 Å². The Balaban J connectivity index is 2.29. The first-order chi connectivity index (χ1) is 9.24. The van der Waals surface area contributed by atoms with Gasteiger partial charge in [-0.2, -0.15) is 11.3 Å². The van der Waals surface area contributed by atoms with E-state index in [1.165, 1.54) is 5.56 Å². The van der Waals surface area contributed by atoms with Crippen molar-refractivity contribution >= 4 is 22.9 Å². The third-order valence-corrected chi connectivity index (χ3v) is 4.00. The number of hydrogen-bond acceptors (Lipinski definition) is 3. The van der Waals surface area contributed by atoms with Crippen LogP contribution < -0.4 is 10.1 Å². The van der Waals surface area contributed by atoms with Crippen molar-refractivity contribution in [3.05, 3.63) is 51.2 Å². The van der Waals surface area contributed by atoms with Gasteiger partial charge >= 0.3 is 0 Å². The maximum absolute atomic E-state index is 6.12. The van der Waals surface area contributed by atoms with Gasteiger partial charge < -0.3 is 10.1 Å². The molecule has 2 rings (SSSR count). The van der Waals surface area contributed by atoms with E-state index in [9.17, 15) is 0 Å². The van der Waals surface area contributed by atoms with E-state index < -0.39 is 0 Å². The molecule has 0 radical (unpaired) electrons. The number of thiophene rings is 1. The molecular formula is C15H18ClNOS. The molecule has 19 heavy (non-hydrogen) atoms. The molecule has 0 fully saturated rings. The maximum atomic E-state index is 6.12. The topological polar surface area (TPSA) is 21.3 Å². The lowest BCUT2D eigenvalue weighted by Crippen LogP contribution is -2.23. The van der Waals surface area contributed by atoms with Crippen molar-refractivity contribution in [3.8, 4) is 5.75 Å². The summed E-state index contributed by atoms with van der Waals surface area (Å²) < 4.78 is 5.45. The van der Waals surface area contributed by atoms with Crippen molar-refractivity contribution in [1.29, 1.82) is 0 Å². The average Bonchev–Trinajstić information content (AvgIpc) is 2.91. The van der Waals surface area contributed by atoms with Crippen molar-refractivity contribution in [2.24, 2.45) is 0 Å². The largest absolute Gasteiger partial charge is 0.496 e. The summed E-state index contributed by atoms with van der Waals surface area (Å²) in [6, 6.07) is 8.15. The van der Waals surface area contributed by atoms with Crippen LogP contribution in [0, 0.1) is 0 Å². The summed E-state index contributed by atoms with van der Waals surface area (Å²) in [5.74, 6) is 0.880. The number of likely N-dealkylation sites (N-methyl/N-ethyl adjacent to an activating group) is 1. The molecule has 2 nitrogen and oxygen atoms in total. The smallest absolute Gasteiger partial charge is 0.123 e. The van der Waals surface area contributed by atoms with E-state index in [4.69, 9.17) is 16.3 Å². The first-order valence-electron chi connectivity index (χ1n) is 6.32. The molecular weight excluding hydrogens is 278 g/mol. The average molecular weight is 296 g/mol. The molecule has 1 heterocycles. The highest BCUT2D eigenvalue weighted by molar-refractivity contribution is 7.07. The molecule has 1 aromatic carbocycles. The molecule has 0 spiro atoms. The quantitative estimate of drug-likeness (QED) is 0.858. The van der Waals surface area contributed by atoms with Gasteiger partial charge in [-0.3, -0.25) is 0 Å². The lowest BCUT2D eigenvalue weighted by atomic mass is 9.99. The molecule has 102 valence electrons. The Kier molecular flexibility index (Phi) is 5.25. The van der Waals surface area contributed by atoms with E-state index in [0.29, 0.717) is 0 Å². The summed E-state index contributed by atoms with van der Waals surface area (Å²) in [5, 5.41) is 8.53. The molecule has 1 N–H and O–H groups in total. The molecule has 0 saturated heterocycles. The summed E-state index contributed by atoms with van der Waals surface area (Å²) in [6.45, 7) is 3.02. The van der Waals surface area contributed by atoms with Crippen molar-refractivity contribution in [2.75, 3.05) is 13.7 Å². The maximum Gasteiger partial charge on any atom is 0.123 e. The molecule has 0 amide bonds. The number of hydrogen-bond donors (Lipinski definition) is 1. The number of ether oxygens (including phenoxy) is 1. The van der Waals surface area contributed by atoms with E-state index in [-0.39, 0.29) is 6.04 Å². The molecule has 0 aliphatic carbocycles. The Hall–Kier alpha value is -1.03. The normalized spacial score (nSPS) is 12.4. The predicted octanol–water partition coefficient (Wildman–Crippen LogP) is 4.30. The first kappa shape index (κ1) is 14.4. The standard InChI is InChI=1S/C15H18ClNOS/c1-3-17-14(8-11-6-7-19-10-11)13-9-12(16)4-5-15(13)18-2/h4-7,9-10,14,17H,3,8H2,1-2H3. The minimum Gasteiger partial charge on any atom is -0.496 e. The summed E-state index contributed by atoms with van der Waals surface area (Å²) in [5.41, 5.74) is 2.45. The van der Waals surface area contributed by atoms with Crippen LogP contribution in [-0.4, -0.2) is 13.7 Å². The number of rotatable bonds is 6. The Labute approximate surface area is 123 Å². The Morgan fingerprint density at radius 2 is 2.21 bits per heavy atom. The molecule has 2 aromatic rings. The number of halogens is 1. The van der Waals surface area contributed by atoms with Crippen LogP contribution in [0.5, 0.6) is 5.75 Å². The fourth-order valence-corrected chi connectivity index (χ4v) is 3.02. The zero-order valence-corrected chi connectivity index (χ0v) is 12.7. The summed E-state index contributed by atoms with van der Waals surface area (Å²) in [6.07, 6.45) is 0.939. The third kappa shape index (κ3) is 3.72. The van der Waals surface area contributed by atoms with Crippen LogP contribution in [0.2, 0.25) is 5.02 Å². The van der Waals surface area contributed by atoms with Gasteiger partial charge in [-0.15, -0.1) is 0 Å². The van der Waals surface area contributed by atoms with Gasteiger partial charge in [-0.05, 0) is 53.6 Å². The molecule has 1 atom stereocenters. The van der Waals surface area contributed by atoms with Gasteiger partial charge in [0.1, 0.15) is 5.75 Å². The molecule has 1 unspecified atom stereocenters. The summed E-state index contributed by atoms with van der Waals surface area (Å²) in [7, 11) is 1.69. The van der Waals surface area contributed by atoms with Crippen molar-refractivity contribution in [3.63, 3.8) is 0 Å². The van der Waals surface area contributed by atoms with Gasteiger partial charge in [0.05, 0.1) is 7.11 Å². The Morgan fingerprint density at radius 3 is 2.84 bits per heavy atom. The van der Waals surface area contributed by atoms with Gasteiger partial charge in [0.25, 0.3) is 0 Å². The highest BCUT2D eigenvalue weighted by Gasteiger charge is 2.16. The molecule has 0 saturated carbocycles. The lowest BCUT2D eigenvalue weighted by molar-refractivity contribution is 0.399. The van der Waals surface area contributed by atoms with Crippen molar-refractivity contribution in [1.82, 2.24) is 5.32 Å². The van der Waals surface area contributed by atoms with Gasteiger partial charge in [-0.25, -0.2) is 0 Å². The molecule has 0 aliphatic rings. The highest BCUT2D eigenvalue weighted by Crippen LogP contribution is 2.30. The summed E-state index contributed by atoms with van der Waals surface area (Å²) in [4.78, 5) is 0.